The van der Waals surface area contributed by atoms with Gasteiger partial charge in [-0.15, -0.1) is 6.58 Å². The molecule has 0 aromatic heterocycles. The molecule has 0 aliphatic heterocycles. The maximum Gasteiger partial charge on any atom is 0.118 e. The van der Waals surface area contributed by atoms with Crippen molar-refractivity contribution in [2.75, 3.05) is 0 Å². The molecule has 0 bridgehead atoms. The Hall–Kier alpha value is -0.806. The summed E-state index contributed by atoms with van der Waals surface area (Å²) in [5, 5.41) is 11.6. The van der Waals surface area contributed by atoms with Gasteiger partial charge in [-0.05, 0) is 17.2 Å². The lowest BCUT2D eigenvalue weighted by atomic mass is 10.1. The molecule has 0 aliphatic rings. The van der Waals surface area contributed by atoms with Crippen LogP contribution in [0.15, 0.2) is 30.9 Å². The summed E-state index contributed by atoms with van der Waals surface area (Å²) in [5.74, 6) is 0.520. The van der Waals surface area contributed by atoms with E-state index >= 15 is 0 Å². The molecule has 0 heterocycles. The molecule has 1 N–H and O–H groups in total. The average Bonchev–Trinajstić information content (AvgIpc) is 2.19. The van der Waals surface area contributed by atoms with Crippen molar-refractivity contribution in [3.05, 3.63) is 36.4 Å². The zero-order valence-electron chi connectivity index (χ0n) is 11.7. The van der Waals surface area contributed by atoms with Gasteiger partial charge in [-0.3, -0.25) is 0 Å². The summed E-state index contributed by atoms with van der Waals surface area (Å²) in [4.78, 5) is 0. The van der Waals surface area contributed by atoms with E-state index in [1.54, 1.807) is 0 Å². The average molecular weight is 265 g/mol. The predicted octanol–water partition coefficient (Wildman–Crippen LogP) is 3.45. The maximum absolute atomic E-state index is 10.4. The van der Waals surface area contributed by atoms with Crippen LogP contribution in [0.3, 0.4) is 0 Å². The van der Waals surface area contributed by atoms with E-state index in [9.17, 15) is 5.11 Å². The molecule has 94 valence electrons. The highest BCUT2D eigenvalue weighted by atomic mass is 29.3. The quantitative estimate of drug-likeness (QED) is 0.652. The van der Waals surface area contributed by atoms with E-state index < -0.39 is 15.2 Å². The van der Waals surface area contributed by atoms with Crippen LogP contribution in [0.5, 0.6) is 5.75 Å². The van der Waals surface area contributed by atoms with Crippen LogP contribution in [-0.2, 0) is 6.42 Å². The SMILES string of the molecule is C=CCc1cccc([Si](C)(C)[Si](C)(C)C)c1O. The van der Waals surface area contributed by atoms with Crippen LogP contribution in [0.2, 0.25) is 32.7 Å². The van der Waals surface area contributed by atoms with Crippen LogP contribution in [-0.4, -0.2) is 20.3 Å². The molecule has 0 amide bonds. The van der Waals surface area contributed by atoms with Gasteiger partial charge in [0.1, 0.15) is 5.75 Å². The van der Waals surface area contributed by atoms with E-state index in [0.29, 0.717) is 5.75 Å². The molecule has 1 aromatic rings. The molecule has 0 saturated carbocycles. The van der Waals surface area contributed by atoms with Gasteiger partial charge in [-0.1, -0.05) is 57.0 Å². The first-order chi connectivity index (χ1) is 7.71. The molecule has 1 nitrogen and oxygen atoms in total. The number of phenolic OH excluding ortho intramolecular Hbond substituents is 1. The van der Waals surface area contributed by atoms with Crippen molar-refractivity contribution in [1.29, 1.82) is 0 Å². The fourth-order valence-electron chi connectivity index (χ4n) is 1.82. The molecule has 1 aromatic carbocycles. The van der Waals surface area contributed by atoms with Gasteiger partial charge in [0.2, 0.25) is 0 Å². The fourth-order valence-corrected chi connectivity index (χ4v) is 6.92. The Labute approximate surface area is 107 Å². The summed E-state index contributed by atoms with van der Waals surface area (Å²) in [7, 11) is -2.78. The summed E-state index contributed by atoms with van der Waals surface area (Å²) < 4.78 is 0. The Morgan fingerprint density at radius 3 is 2.24 bits per heavy atom. The second-order valence-electron chi connectivity index (χ2n) is 6.18. The first kappa shape index (κ1) is 14.3. The third kappa shape index (κ3) is 2.72. The van der Waals surface area contributed by atoms with Crippen molar-refractivity contribution in [2.24, 2.45) is 0 Å². The predicted molar refractivity (Wildman–Crippen MR) is 82.5 cm³/mol. The van der Waals surface area contributed by atoms with E-state index in [1.807, 2.05) is 12.1 Å². The number of hydrogen-bond donors (Lipinski definition) is 1. The van der Waals surface area contributed by atoms with E-state index in [1.165, 1.54) is 5.19 Å². The van der Waals surface area contributed by atoms with Crippen LogP contribution >= 0.6 is 0 Å². The highest BCUT2D eigenvalue weighted by molar-refractivity contribution is 7.45. The molecule has 3 heteroatoms. The molecule has 0 fully saturated rings. The lowest BCUT2D eigenvalue weighted by molar-refractivity contribution is 0.474. The summed E-state index contributed by atoms with van der Waals surface area (Å²) in [6.07, 6.45) is 2.59. The summed E-state index contributed by atoms with van der Waals surface area (Å²) >= 11 is 0. The first-order valence-corrected chi connectivity index (χ1v) is 13.6. The highest BCUT2D eigenvalue weighted by Crippen LogP contribution is 2.25. The number of rotatable bonds is 4. The monoisotopic (exact) mass is 264 g/mol. The smallest absolute Gasteiger partial charge is 0.118 e. The fraction of sp³-hybridized carbons (Fsp3) is 0.429. The number of aromatic hydroxyl groups is 1. The van der Waals surface area contributed by atoms with Gasteiger partial charge in [-0.25, -0.2) is 0 Å². The number of para-hydroxylation sites is 1. The minimum absolute atomic E-state index is 0.520. The Morgan fingerprint density at radius 2 is 1.76 bits per heavy atom. The number of allylic oxidation sites excluding steroid dienone is 1. The third-order valence-corrected chi connectivity index (χ3v) is 21.6. The maximum atomic E-state index is 10.4. The van der Waals surface area contributed by atoms with Gasteiger partial charge in [0.15, 0.2) is 0 Å². The normalized spacial score (nSPS) is 12.5. The zero-order valence-corrected chi connectivity index (χ0v) is 13.7. The van der Waals surface area contributed by atoms with E-state index in [-0.39, 0.29) is 0 Å². The molecular formula is C14H24OSi2. The summed E-state index contributed by atoms with van der Waals surface area (Å²) in [6.45, 7) is 15.7. The number of hydrogen-bond acceptors (Lipinski definition) is 1. The summed E-state index contributed by atoms with van der Waals surface area (Å²) in [5.41, 5.74) is 1.01. The lowest BCUT2D eigenvalue weighted by Gasteiger charge is -2.36. The van der Waals surface area contributed by atoms with Crippen LogP contribution < -0.4 is 5.19 Å². The topological polar surface area (TPSA) is 20.2 Å². The van der Waals surface area contributed by atoms with Crippen molar-refractivity contribution in [1.82, 2.24) is 0 Å². The molecule has 0 radical (unpaired) electrons. The third-order valence-electron chi connectivity index (χ3n) is 4.03. The van der Waals surface area contributed by atoms with Crippen molar-refractivity contribution < 1.29 is 5.11 Å². The second kappa shape index (κ2) is 4.82. The van der Waals surface area contributed by atoms with Crippen LogP contribution in [0.25, 0.3) is 0 Å². The first-order valence-electron chi connectivity index (χ1n) is 6.14. The van der Waals surface area contributed by atoms with Gasteiger partial charge in [-0.2, -0.15) is 0 Å². The Balaban J connectivity index is 3.32. The van der Waals surface area contributed by atoms with Crippen LogP contribution in [0.4, 0.5) is 0 Å². The lowest BCUT2D eigenvalue weighted by Crippen LogP contribution is -2.61. The zero-order chi connectivity index (χ0) is 13.3. The standard InChI is InChI=1S/C14H24OSi2/c1-7-9-12-10-8-11-13(14(12)15)17(5,6)16(2,3)4/h7-8,10-11,15H,1,9H2,2-6H3. The van der Waals surface area contributed by atoms with E-state index in [2.05, 4.69) is 51.4 Å². The Morgan fingerprint density at radius 1 is 1.18 bits per heavy atom. The largest absolute Gasteiger partial charge is 0.508 e. The van der Waals surface area contributed by atoms with Gasteiger partial charge in [0, 0.05) is 7.59 Å². The molecule has 0 aliphatic carbocycles. The Kier molecular flexibility index (Phi) is 4.04. The highest BCUT2D eigenvalue weighted by Gasteiger charge is 2.40. The molecular weight excluding hydrogens is 240 g/mol. The molecule has 0 unspecified atom stereocenters. The van der Waals surface area contributed by atoms with Crippen LogP contribution in [0.1, 0.15) is 5.56 Å². The van der Waals surface area contributed by atoms with Crippen molar-refractivity contribution in [2.45, 2.75) is 39.2 Å². The minimum atomic E-state index is -1.53. The van der Waals surface area contributed by atoms with Gasteiger partial charge < -0.3 is 5.11 Å². The number of phenols is 1. The molecule has 17 heavy (non-hydrogen) atoms. The van der Waals surface area contributed by atoms with Crippen molar-refractivity contribution in [3.63, 3.8) is 0 Å². The minimum Gasteiger partial charge on any atom is -0.508 e. The summed E-state index contributed by atoms with van der Waals surface area (Å²) in [6, 6.07) is 6.18. The molecule has 0 spiro atoms. The van der Waals surface area contributed by atoms with E-state index in [0.717, 1.165) is 12.0 Å². The Bertz CT molecular complexity index is 417. The van der Waals surface area contributed by atoms with Crippen molar-refractivity contribution in [3.8, 4) is 5.75 Å². The molecule has 1 rings (SSSR count). The molecule has 0 atom stereocenters. The van der Waals surface area contributed by atoms with E-state index in [4.69, 9.17) is 0 Å². The molecule has 0 saturated heterocycles. The second-order valence-corrected chi connectivity index (χ2v) is 22.7. The van der Waals surface area contributed by atoms with Crippen molar-refractivity contribution >= 4 is 20.4 Å². The van der Waals surface area contributed by atoms with Gasteiger partial charge >= 0.3 is 0 Å². The number of benzene rings is 1. The van der Waals surface area contributed by atoms with Crippen LogP contribution in [0, 0.1) is 0 Å². The van der Waals surface area contributed by atoms with Gasteiger partial charge in [0.05, 0.1) is 7.59 Å². The van der Waals surface area contributed by atoms with Gasteiger partial charge in [0.25, 0.3) is 0 Å².